The van der Waals surface area contributed by atoms with Gasteiger partial charge in [-0.1, -0.05) is 13.0 Å². The molecule has 1 aromatic carbocycles. The van der Waals surface area contributed by atoms with E-state index in [4.69, 9.17) is 0 Å². The molecule has 0 atom stereocenters. The SMILES string of the molecule is CSc1cccc(NC(=O)N2CCC(C)CC2)c1. The second kappa shape index (κ2) is 6.14. The van der Waals surface area contributed by atoms with Gasteiger partial charge in [0.25, 0.3) is 0 Å². The quantitative estimate of drug-likeness (QED) is 0.827. The molecule has 18 heavy (non-hydrogen) atoms. The van der Waals surface area contributed by atoms with Crippen molar-refractivity contribution in [2.45, 2.75) is 24.7 Å². The molecule has 3 nitrogen and oxygen atoms in total. The van der Waals surface area contributed by atoms with Gasteiger partial charge in [-0.3, -0.25) is 0 Å². The molecule has 1 aliphatic heterocycles. The second-order valence-electron chi connectivity index (χ2n) is 4.83. The number of hydrogen-bond acceptors (Lipinski definition) is 2. The summed E-state index contributed by atoms with van der Waals surface area (Å²) in [7, 11) is 0. The smallest absolute Gasteiger partial charge is 0.321 e. The number of carbonyl (C=O) groups excluding carboxylic acids is 1. The van der Waals surface area contributed by atoms with Crippen molar-refractivity contribution in [2.75, 3.05) is 24.7 Å². The van der Waals surface area contributed by atoms with Crippen molar-refractivity contribution < 1.29 is 4.79 Å². The minimum atomic E-state index is 0.0279. The maximum absolute atomic E-state index is 12.1. The molecular weight excluding hydrogens is 244 g/mol. The van der Waals surface area contributed by atoms with Gasteiger partial charge in [-0.15, -0.1) is 11.8 Å². The number of amides is 2. The Labute approximate surface area is 113 Å². The van der Waals surface area contributed by atoms with Crippen LogP contribution < -0.4 is 5.32 Å². The molecule has 1 saturated heterocycles. The maximum Gasteiger partial charge on any atom is 0.321 e. The Balaban J connectivity index is 1.94. The number of carbonyl (C=O) groups is 1. The fourth-order valence-corrected chi connectivity index (χ4v) is 2.57. The Morgan fingerprint density at radius 2 is 2.11 bits per heavy atom. The summed E-state index contributed by atoms with van der Waals surface area (Å²) in [4.78, 5) is 15.2. The Kier molecular flexibility index (Phi) is 4.53. The molecule has 0 spiro atoms. The number of nitrogens with one attached hydrogen (secondary N) is 1. The molecule has 1 aliphatic rings. The third-order valence-corrected chi connectivity index (χ3v) is 4.12. The van der Waals surface area contributed by atoms with Gasteiger partial charge >= 0.3 is 6.03 Å². The van der Waals surface area contributed by atoms with Crippen molar-refractivity contribution >= 4 is 23.5 Å². The predicted octanol–water partition coefficient (Wildman–Crippen LogP) is 3.67. The molecule has 1 aromatic rings. The Hall–Kier alpha value is -1.16. The van der Waals surface area contributed by atoms with Gasteiger partial charge in [-0.05, 0) is 43.2 Å². The van der Waals surface area contributed by atoms with Crippen LogP contribution in [0.4, 0.5) is 10.5 Å². The number of urea groups is 1. The molecule has 0 unspecified atom stereocenters. The van der Waals surface area contributed by atoms with E-state index < -0.39 is 0 Å². The predicted molar refractivity (Wildman–Crippen MR) is 77.2 cm³/mol. The van der Waals surface area contributed by atoms with E-state index in [2.05, 4.69) is 12.2 Å². The summed E-state index contributed by atoms with van der Waals surface area (Å²) in [6.45, 7) is 3.99. The van der Waals surface area contributed by atoms with Gasteiger partial charge in [0, 0.05) is 23.7 Å². The standard InChI is InChI=1S/C14H20N2OS/c1-11-6-8-16(9-7-11)14(17)15-12-4-3-5-13(10-12)18-2/h3-5,10-11H,6-9H2,1-2H3,(H,15,17). The lowest BCUT2D eigenvalue weighted by Gasteiger charge is -2.30. The second-order valence-corrected chi connectivity index (χ2v) is 5.71. The van der Waals surface area contributed by atoms with E-state index in [1.165, 1.54) is 4.90 Å². The van der Waals surface area contributed by atoms with Gasteiger partial charge in [0.05, 0.1) is 0 Å². The Morgan fingerprint density at radius 1 is 1.39 bits per heavy atom. The number of nitrogens with zero attached hydrogens (tertiary/aromatic N) is 1. The molecular formula is C14H20N2OS. The molecule has 2 amide bonds. The minimum absolute atomic E-state index is 0.0279. The summed E-state index contributed by atoms with van der Waals surface area (Å²) in [5.74, 6) is 0.744. The normalized spacial score (nSPS) is 16.7. The number of anilines is 1. The Bertz CT molecular complexity index is 414. The van der Waals surface area contributed by atoms with E-state index in [0.717, 1.165) is 37.5 Å². The van der Waals surface area contributed by atoms with E-state index in [1.807, 2.05) is 35.4 Å². The van der Waals surface area contributed by atoms with E-state index in [-0.39, 0.29) is 6.03 Å². The zero-order valence-electron chi connectivity index (χ0n) is 11.0. The number of rotatable bonds is 2. The summed E-state index contributed by atoms with van der Waals surface area (Å²) in [5, 5.41) is 2.97. The molecule has 0 radical (unpaired) electrons. The zero-order chi connectivity index (χ0) is 13.0. The average Bonchev–Trinajstić information content (AvgIpc) is 2.39. The van der Waals surface area contributed by atoms with Gasteiger partial charge < -0.3 is 10.2 Å². The van der Waals surface area contributed by atoms with Crippen molar-refractivity contribution in [3.8, 4) is 0 Å². The summed E-state index contributed by atoms with van der Waals surface area (Å²) in [6, 6.07) is 7.99. The lowest BCUT2D eigenvalue weighted by atomic mass is 10.00. The fraction of sp³-hybridized carbons (Fsp3) is 0.500. The first kappa shape index (κ1) is 13.3. The zero-order valence-corrected chi connectivity index (χ0v) is 11.8. The van der Waals surface area contributed by atoms with Crippen LogP contribution in [0.5, 0.6) is 0 Å². The van der Waals surface area contributed by atoms with E-state index in [1.54, 1.807) is 11.8 Å². The van der Waals surface area contributed by atoms with E-state index >= 15 is 0 Å². The monoisotopic (exact) mass is 264 g/mol. The van der Waals surface area contributed by atoms with Crippen LogP contribution in [0.1, 0.15) is 19.8 Å². The van der Waals surface area contributed by atoms with Crippen LogP contribution in [-0.2, 0) is 0 Å². The highest BCUT2D eigenvalue weighted by molar-refractivity contribution is 7.98. The summed E-state index contributed by atoms with van der Waals surface area (Å²) >= 11 is 1.68. The van der Waals surface area contributed by atoms with Crippen LogP contribution in [0.25, 0.3) is 0 Å². The first-order valence-electron chi connectivity index (χ1n) is 6.39. The van der Waals surface area contributed by atoms with Crippen molar-refractivity contribution in [1.82, 2.24) is 4.90 Å². The molecule has 0 aromatic heterocycles. The van der Waals surface area contributed by atoms with Crippen LogP contribution in [-0.4, -0.2) is 30.3 Å². The van der Waals surface area contributed by atoms with Gasteiger partial charge in [0.15, 0.2) is 0 Å². The van der Waals surface area contributed by atoms with Gasteiger partial charge in [0.1, 0.15) is 0 Å². The van der Waals surface area contributed by atoms with Crippen LogP contribution in [0, 0.1) is 5.92 Å². The number of piperidine rings is 1. The average molecular weight is 264 g/mol. The van der Waals surface area contributed by atoms with E-state index in [9.17, 15) is 4.79 Å². The number of likely N-dealkylation sites (tertiary alicyclic amines) is 1. The third kappa shape index (κ3) is 3.42. The maximum atomic E-state index is 12.1. The molecule has 2 rings (SSSR count). The van der Waals surface area contributed by atoms with Gasteiger partial charge in [-0.25, -0.2) is 4.79 Å². The number of thioether (sulfide) groups is 1. The molecule has 1 heterocycles. The lowest BCUT2D eigenvalue weighted by molar-refractivity contribution is 0.186. The summed E-state index contributed by atoms with van der Waals surface area (Å²) < 4.78 is 0. The van der Waals surface area contributed by atoms with Crippen LogP contribution >= 0.6 is 11.8 Å². The first-order chi connectivity index (χ1) is 8.69. The third-order valence-electron chi connectivity index (χ3n) is 3.39. The number of benzene rings is 1. The first-order valence-corrected chi connectivity index (χ1v) is 7.61. The molecule has 0 bridgehead atoms. The highest BCUT2D eigenvalue weighted by Crippen LogP contribution is 2.20. The minimum Gasteiger partial charge on any atom is -0.325 e. The molecule has 98 valence electrons. The molecule has 1 fully saturated rings. The van der Waals surface area contributed by atoms with Crippen LogP contribution in [0.15, 0.2) is 29.2 Å². The largest absolute Gasteiger partial charge is 0.325 e. The highest BCUT2D eigenvalue weighted by Gasteiger charge is 2.20. The fourth-order valence-electron chi connectivity index (χ4n) is 2.12. The topological polar surface area (TPSA) is 32.3 Å². The summed E-state index contributed by atoms with van der Waals surface area (Å²) in [6.07, 6.45) is 4.25. The van der Waals surface area contributed by atoms with E-state index in [0.29, 0.717) is 0 Å². The number of hydrogen-bond donors (Lipinski definition) is 1. The van der Waals surface area contributed by atoms with Crippen molar-refractivity contribution in [3.05, 3.63) is 24.3 Å². The van der Waals surface area contributed by atoms with Crippen molar-refractivity contribution in [3.63, 3.8) is 0 Å². The lowest BCUT2D eigenvalue weighted by Crippen LogP contribution is -2.40. The van der Waals surface area contributed by atoms with Crippen LogP contribution in [0.3, 0.4) is 0 Å². The molecule has 1 N–H and O–H groups in total. The summed E-state index contributed by atoms with van der Waals surface area (Å²) in [5.41, 5.74) is 0.880. The molecule has 0 saturated carbocycles. The van der Waals surface area contributed by atoms with Gasteiger partial charge in [-0.2, -0.15) is 0 Å². The van der Waals surface area contributed by atoms with Crippen LogP contribution in [0.2, 0.25) is 0 Å². The molecule has 4 heteroatoms. The Morgan fingerprint density at radius 3 is 2.78 bits per heavy atom. The highest BCUT2D eigenvalue weighted by atomic mass is 32.2. The van der Waals surface area contributed by atoms with Gasteiger partial charge in [0.2, 0.25) is 0 Å². The van der Waals surface area contributed by atoms with Crippen molar-refractivity contribution in [2.24, 2.45) is 5.92 Å². The molecule has 0 aliphatic carbocycles. The van der Waals surface area contributed by atoms with Crippen molar-refractivity contribution in [1.29, 1.82) is 0 Å².